The Kier molecular flexibility index (Phi) is 4.40. The van der Waals surface area contributed by atoms with Crippen LogP contribution in [0.5, 0.6) is 0 Å². The zero-order chi connectivity index (χ0) is 17.7. The quantitative estimate of drug-likeness (QED) is 0.805. The number of aromatic nitrogens is 2. The Morgan fingerprint density at radius 2 is 1.62 bits per heavy atom. The van der Waals surface area contributed by atoms with Gasteiger partial charge in [-0.05, 0) is 62.2 Å². The molecule has 0 radical (unpaired) electrons. The molecule has 0 aromatic carbocycles. The monoisotopic (exact) mass is 356 g/mol. The van der Waals surface area contributed by atoms with Gasteiger partial charge < -0.3 is 4.57 Å². The van der Waals surface area contributed by atoms with Crippen molar-refractivity contribution >= 4 is 0 Å². The molecule has 0 unspecified atom stereocenters. The van der Waals surface area contributed by atoms with E-state index in [1.165, 1.54) is 51.1 Å². The molecule has 4 nitrogen and oxygen atoms in total. The van der Waals surface area contributed by atoms with Gasteiger partial charge in [0.1, 0.15) is 0 Å². The first-order valence-corrected chi connectivity index (χ1v) is 11.1. The van der Waals surface area contributed by atoms with Crippen LogP contribution in [0.2, 0.25) is 0 Å². The first-order chi connectivity index (χ1) is 12.6. The second kappa shape index (κ2) is 6.63. The molecule has 144 valence electrons. The van der Waals surface area contributed by atoms with Gasteiger partial charge in [0.05, 0.1) is 12.0 Å². The summed E-state index contributed by atoms with van der Waals surface area (Å²) < 4.78 is 2.36. The molecule has 4 aliphatic carbocycles. The van der Waals surface area contributed by atoms with Gasteiger partial charge in [-0.25, -0.2) is 4.98 Å². The Morgan fingerprint density at radius 3 is 2.19 bits per heavy atom. The number of piperazine rings is 1. The van der Waals surface area contributed by atoms with Crippen LogP contribution in [0.15, 0.2) is 12.5 Å². The SMILES string of the molecule is CC(C)Cn1cncc1CN1CCN(C23CC4CC(CC(C4)C2)C3)CC1. The molecule has 6 rings (SSSR count). The van der Waals surface area contributed by atoms with Crippen LogP contribution < -0.4 is 0 Å². The van der Waals surface area contributed by atoms with Gasteiger partial charge in [-0.1, -0.05) is 13.8 Å². The summed E-state index contributed by atoms with van der Waals surface area (Å²) in [6, 6.07) is 0. The Labute approximate surface area is 159 Å². The van der Waals surface area contributed by atoms with Gasteiger partial charge in [-0.2, -0.15) is 0 Å². The van der Waals surface area contributed by atoms with E-state index < -0.39 is 0 Å². The van der Waals surface area contributed by atoms with Crippen molar-refractivity contribution < 1.29 is 0 Å². The van der Waals surface area contributed by atoms with Crippen LogP contribution >= 0.6 is 0 Å². The van der Waals surface area contributed by atoms with Gasteiger partial charge in [0, 0.05) is 51.0 Å². The lowest BCUT2D eigenvalue weighted by molar-refractivity contribution is -0.102. The normalized spacial score (nSPS) is 37.7. The zero-order valence-corrected chi connectivity index (χ0v) is 16.7. The lowest BCUT2D eigenvalue weighted by Crippen LogP contribution is -2.63. The highest BCUT2D eigenvalue weighted by Crippen LogP contribution is 2.57. The van der Waals surface area contributed by atoms with E-state index in [9.17, 15) is 0 Å². The third-order valence-corrected chi connectivity index (χ3v) is 7.79. The zero-order valence-electron chi connectivity index (χ0n) is 16.7. The van der Waals surface area contributed by atoms with E-state index in [1.54, 1.807) is 19.3 Å². The fraction of sp³-hybridized carbons (Fsp3) is 0.864. The Morgan fingerprint density at radius 1 is 1.00 bits per heavy atom. The maximum Gasteiger partial charge on any atom is 0.0948 e. The van der Waals surface area contributed by atoms with Gasteiger partial charge in [0.15, 0.2) is 0 Å². The van der Waals surface area contributed by atoms with E-state index >= 15 is 0 Å². The van der Waals surface area contributed by atoms with E-state index in [2.05, 4.69) is 39.4 Å². The van der Waals surface area contributed by atoms with E-state index in [1.807, 2.05) is 6.33 Å². The summed E-state index contributed by atoms with van der Waals surface area (Å²) in [7, 11) is 0. The molecule has 0 atom stereocenters. The lowest BCUT2D eigenvalue weighted by atomic mass is 9.52. The standard InChI is InChI=1S/C22H36N4/c1-17(2)14-25-16-23-13-21(25)15-24-3-5-26(6-4-24)22-10-18-7-19(11-22)9-20(8-18)12-22/h13,16-20H,3-12,14-15H2,1-2H3. The molecule has 0 spiro atoms. The molecule has 1 saturated heterocycles. The van der Waals surface area contributed by atoms with Crippen molar-refractivity contribution in [3.8, 4) is 0 Å². The molecule has 0 N–H and O–H groups in total. The van der Waals surface area contributed by atoms with Gasteiger partial charge in [-0.15, -0.1) is 0 Å². The predicted octanol–water partition coefficient (Wildman–Crippen LogP) is 3.63. The highest BCUT2D eigenvalue weighted by atomic mass is 15.3. The molecule has 26 heavy (non-hydrogen) atoms. The van der Waals surface area contributed by atoms with Crippen LogP contribution in [0.3, 0.4) is 0 Å². The van der Waals surface area contributed by atoms with Crippen molar-refractivity contribution in [3.05, 3.63) is 18.2 Å². The highest BCUT2D eigenvalue weighted by Gasteiger charge is 2.53. The molecule has 1 aromatic rings. The lowest BCUT2D eigenvalue weighted by Gasteiger charge is -2.61. The molecule has 1 aliphatic heterocycles. The average molecular weight is 357 g/mol. The average Bonchev–Trinajstić information content (AvgIpc) is 3.00. The van der Waals surface area contributed by atoms with Crippen molar-refractivity contribution in [1.29, 1.82) is 0 Å². The second-order valence-electron chi connectivity index (χ2n) is 10.3. The summed E-state index contributed by atoms with van der Waals surface area (Å²) >= 11 is 0. The van der Waals surface area contributed by atoms with E-state index in [0.717, 1.165) is 30.8 Å². The fourth-order valence-electron chi connectivity index (χ4n) is 7.10. The maximum atomic E-state index is 4.41. The van der Waals surface area contributed by atoms with Gasteiger partial charge in [0.25, 0.3) is 0 Å². The van der Waals surface area contributed by atoms with Gasteiger partial charge >= 0.3 is 0 Å². The van der Waals surface area contributed by atoms with E-state index in [-0.39, 0.29) is 0 Å². The summed E-state index contributed by atoms with van der Waals surface area (Å²) in [5.41, 5.74) is 1.99. The number of hydrogen-bond donors (Lipinski definition) is 0. The Balaban J connectivity index is 1.20. The highest BCUT2D eigenvalue weighted by molar-refractivity contribution is 5.08. The largest absolute Gasteiger partial charge is 0.333 e. The summed E-state index contributed by atoms with van der Waals surface area (Å²) in [4.78, 5) is 10.00. The Hall–Kier alpha value is -0.870. The number of imidazole rings is 1. The maximum absolute atomic E-state index is 4.41. The molecule has 4 saturated carbocycles. The fourth-order valence-corrected chi connectivity index (χ4v) is 7.10. The summed E-state index contributed by atoms with van der Waals surface area (Å²) in [5, 5.41) is 0. The van der Waals surface area contributed by atoms with Gasteiger partial charge in [0.2, 0.25) is 0 Å². The minimum atomic E-state index is 0.597. The smallest absolute Gasteiger partial charge is 0.0948 e. The van der Waals surface area contributed by atoms with Crippen LogP contribution in [-0.2, 0) is 13.1 Å². The topological polar surface area (TPSA) is 24.3 Å². The molecule has 0 amide bonds. The van der Waals surface area contributed by atoms with Crippen LogP contribution in [-0.4, -0.2) is 51.1 Å². The van der Waals surface area contributed by atoms with Crippen LogP contribution in [0.4, 0.5) is 0 Å². The number of rotatable bonds is 5. The molecule has 1 aromatic heterocycles. The molecule has 5 aliphatic rings. The second-order valence-corrected chi connectivity index (χ2v) is 10.3. The summed E-state index contributed by atoms with van der Waals surface area (Å²) in [5.74, 6) is 3.86. The first kappa shape index (κ1) is 17.2. The molecule has 4 bridgehead atoms. The Bertz CT molecular complexity index is 591. The van der Waals surface area contributed by atoms with Crippen molar-refractivity contribution in [1.82, 2.24) is 19.4 Å². The van der Waals surface area contributed by atoms with Crippen molar-refractivity contribution in [2.45, 2.75) is 71.0 Å². The predicted molar refractivity (Wildman–Crippen MR) is 105 cm³/mol. The number of nitrogens with zero attached hydrogens (tertiary/aromatic N) is 4. The third-order valence-electron chi connectivity index (χ3n) is 7.79. The first-order valence-electron chi connectivity index (χ1n) is 11.1. The minimum absolute atomic E-state index is 0.597. The van der Waals surface area contributed by atoms with E-state index in [4.69, 9.17) is 0 Å². The van der Waals surface area contributed by atoms with Crippen LogP contribution in [0.1, 0.15) is 58.1 Å². The molecule has 4 heteroatoms. The minimum Gasteiger partial charge on any atom is -0.333 e. The summed E-state index contributed by atoms with van der Waals surface area (Å²) in [6.45, 7) is 11.8. The van der Waals surface area contributed by atoms with Crippen molar-refractivity contribution in [3.63, 3.8) is 0 Å². The molecule has 2 heterocycles. The molecular weight excluding hydrogens is 320 g/mol. The van der Waals surface area contributed by atoms with Gasteiger partial charge in [-0.3, -0.25) is 9.80 Å². The van der Waals surface area contributed by atoms with Crippen molar-refractivity contribution in [2.24, 2.45) is 23.7 Å². The van der Waals surface area contributed by atoms with Crippen molar-refractivity contribution in [2.75, 3.05) is 26.2 Å². The summed E-state index contributed by atoms with van der Waals surface area (Å²) in [6.07, 6.45) is 13.3. The number of hydrogen-bond acceptors (Lipinski definition) is 3. The third kappa shape index (κ3) is 3.13. The van der Waals surface area contributed by atoms with E-state index in [0.29, 0.717) is 11.5 Å². The van der Waals surface area contributed by atoms with Crippen LogP contribution in [0.25, 0.3) is 0 Å². The molecular formula is C22H36N4. The van der Waals surface area contributed by atoms with Crippen LogP contribution in [0, 0.1) is 23.7 Å². The molecule has 5 fully saturated rings.